The van der Waals surface area contributed by atoms with E-state index in [1.165, 1.54) is 11.1 Å². The maximum Gasteiger partial charge on any atom is 0.229 e. The molecule has 4 N–H and O–H groups in total. The minimum Gasteiger partial charge on any atom is -0.387 e. The number of aliphatic hydroxyl groups is 1. The van der Waals surface area contributed by atoms with Gasteiger partial charge in [-0.3, -0.25) is 0 Å². The van der Waals surface area contributed by atoms with Gasteiger partial charge in [-0.2, -0.15) is 4.98 Å². The highest BCUT2D eigenvalue weighted by Gasteiger charge is 2.10. The minimum absolute atomic E-state index is 0.380. The molecule has 2 heterocycles. The number of hydrogen-bond acceptors (Lipinski definition) is 6. The number of aromatic nitrogens is 2. The van der Waals surface area contributed by atoms with Crippen molar-refractivity contribution in [1.29, 1.82) is 0 Å². The Bertz CT molecular complexity index is 900. The second kappa shape index (κ2) is 8.16. The van der Waals surface area contributed by atoms with Crippen molar-refractivity contribution in [3.05, 3.63) is 77.5 Å². The Morgan fingerprint density at radius 2 is 1.96 bits per heavy atom. The largest absolute Gasteiger partial charge is 0.387 e. The zero-order valence-corrected chi connectivity index (χ0v) is 15.0. The molecule has 0 bridgehead atoms. The van der Waals surface area contributed by atoms with E-state index in [9.17, 15) is 5.11 Å². The number of nitrogens with zero attached hydrogens (tertiary/aromatic N) is 2. The Labute approximate surface area is 158 Å². The molecule has 3 aromatic rings. The average Bonchev–Trinajstić information content (AvgIpc) is 2.73. The Morgan fingerprint density at radius 1 is 1.07 bits per heavy atom. The molecule has 1 atom stereocenters. The van der Waals surface area contributed by atoms with Crippen LogP contribution in [0.25, 0.3) is 0 Å². The Morgan fingerprint density at radius 3 is 2.85 bits per heavy atom. The summed E-state index contributed by atoms with van der Waals surface area (Å²) in [7, 11) is 0. The summed E-state index contributed by atoms with van der Waals surface area (Å²) in [6, 6.07) is 17.7. The van der Waals surface area contributed by atoms with Gasteiger partial charge in [-0.05, 0) is 47.9 Å². The summed E-state index contributed by atoms with van der Waals surface area (Å²) >= 11 is 0. The lowest BCUT2D eigenvalue weighted by atomic mass is 10.0. The highest BCUT2D eigenvalue weighted by molar-refractivity contribution is 5.57. The number of fused-ring (bicyclic) bond motifs is 1. The second-order valence-corrected chi connectivity index (χ2v) is 6.61. The van der Waals surface area contributed by atoms with E-state index in [-0.39, 0.29) is 0 Å². The van der Waals surface area contributed by atoms with Crippen LogP contribution in [-0.4, -0.2) is 28.2 Å². The van der Waals surface area contributed by atoms with Gasteiger partial charge in [0.05, 0.1) is 6.10 Å². The fourth-order valence-corrected chi connectivity index (χ4v) is 3.20. The summed E-state index contributed by atoms with van der Waals surface area (Å²) in [6.07, 6.45) is 2.17. The SMILES string of the molecule is OC(CNc1ccnc(Nc2ccc3c(c2)CNCC3)n1)c1ccccc1. The highest BCUT2D eigenvalue weighted by Crippen LogP contribution is 2.21. The van der Waals surface area contributed by atoms with Crippen molar-refractivity contribution in [3.63, 3.8) is 0 Å². The van der Waals surface area contributed by atoms with Crippen LogP contribution < -0.4 is 16.0 Å². The lowest BCUT2D eigenvalue weighted by molar-refractivity contribution is 0.191. The summed E-state index contributed by atoms with van der Waals surface area (Å²) in [6.45, 7) is 2.31. The molecule has 1 aliphatic rings. The van der Waals surface area contributed by atoms with E-state index in [0.717, 1.165) is 30.8 Å². The van der Waals surface area contributed by atoms with Crippen molar-refractivity contribution in [2.45, 2.75) is 19.1 Å². The first-order valence-corrected chi connectivity index (χ1v) is 9.17. The van der Waals surface area contributed by atoms with Gasteiger partial charge in [0.15, 0.2) is 0 Å². The summed E-state index contributed by atoms with van der Waals surface area (Å²) in [5.74, 6) is 1.19. The Balaban J connectivity index is 1.40. The third-order valence-electron chi connectivity index (χ3n) is 4.67. The van der Waals surface area contributed by atoms with Crippen LogP contribution in [0.15, 0.2) is 60.8 Å². The molecule has 0 amide bonds. The number of benzene rings is 2. The molecule has 6 heteroatoms. The Hall–Kier alpha value is -2.96. The molecule has 4 rings (SSSR count). The van der Waals surface area contributed by atoms with Crippen LogP contribution in [0.2, 0.25) is 0 Å². The van der Waals surface area contributed by atoms with E-state index >= 15 is 0 Å². The third-order valence-corrected chi connectivity index (χ3v) is 4.67. The molecule has 1 aliphatic heterocycles. The molecule has 27 heavy (non-hydrogen) atoms. The lowest BCUT2D eigenvalue weighted by Gasteiger charge is -2.18. The maximum atomic E-state index is 10.3. The normalized spacial score (nSPS) is 14.3. The topological polar surface area (TPSA) is 82.1 Å². The zero-order chi connectivity index (χ0) is 18.5. The Kier molecular flexibility index (Phi) is 5.27. The quantitative estimate of drug-likeness (QED) is 0.540. The van der Waals surface area contributed by atoms with Crippen molar-refractivity contribution in [1.82, 2.24) is 15.3 Å². The molecule has 138 valence electrons. The van der Waals surface area contributed by atoms with Gasteiger partial charge >= 0.3 is 0 Å². The molecular formula is C21H23N5O. The molecule has 0 saturated carbocycles. The van der Waals surface area contributed by atoms with Crippen molar-refractivity contribution in [2.24, 2.45) is 0 Å². The minimum atomic E-state index is -0.592. The van der Waals surface area contributed by atoms with Crippen LogP contribution in [0.5, 0.6) is 0 Å². The zero-order valence-electron chi connectivity index (χ0n) is 15.0. The molecule has 1 unspecified atom stereocenters. The van der Waals surface area contributed by atoms with Gasteiger partial charge in [0.25, 0.3) is 0 Å². The summed E-state index contributed by atoms with van der Waals surface area (Å²) < 4.78 is 0. The van der Waals surface area contributed by atoms with Crippen LogP contribution in [0, 0.1) is 0 Å². The number of hydrogen-bond donors (Lipinski definition) is 4. The molecular weight excluding hydrogens is 338 g/mol. The standard InChI is InChI=1S/C21H23N5O/c27-19(16-4-2-1-3-5-16)14-24-20-9-11-23-21(26-20)25-18-7-6-15-8-10-22-13-17(15)12-18/h1-7,9,11-12,19,22,27H,8,10,13-14H2,(H2,23,24,25,26). The van der Waals surface area contributed by atoms with E-state index in [0.29, 0.717) is 18.3 Å². The first kappa shape index (κ1) is 17.5. The van der Waals surface area contributed by atoms with Crippen LogP contribution in [-0.2, 0) is 13.0 Å². The smallest absolute Gasteiger partial charge is 0.229 e. The van der Waals surface area contributed by atoms with Crippen molar-refractivity contribution in [3.8, 4) is 0 Å². The van der Waals surface area contributed by atoms with Crippen LogP contribution in [0.1, 0.15) is 22.8 Å². The maximum absolute atomic E-state index is 10.3. The molecule has 6 nitrogen and oxygen atoms in total. The van der Waals surface area contributed by atoms with Gasteiger partial charge in [0, 0.05) is 25.0 Å². The summed E-state index contributed by atoms with van der Waals surface area (Å²) in [5, 5.41) is 20.1. The fraction of sp³-hybridized carbons (Fsp3) is 0.238. The van der Waals surface area contributed by atoms with Gasteiger partial charge in [0.2, 0.25) is 5.95 Å². The van der Waals surface area contributed by atoms with Gasteiger partial charge < -0.3 is 21.1 Å². The first-order chi connectivity index (χ1) is 13.3. The van der Waals surface area contributed by atoms with E-state index in [4.69, 9.17) is 0 Å². The summed E-state index contributed by atoms with van der Waals surface area (Å²) in [4.78, 5) is 8.78. The van der Waals surface area contributed by atoms with Gasteiger partial charge in [0.1, 0.15) is 5.82 Å². The summed E-state index contributed by atoms with van der Waals surface area (Å²) in [5.41, 5.74) is 4.55. The van der Waals surface area contributed by atoms with E-state index in [1.807, 2.05) is 30.3 Å². The van der Waals surface area contributed by atoms with Crippen LogP contribution in [0.3, 0.4) is 0 Å². The van der Waals surface area contributed by atoms with Crippen molar-refractivity contribution < 1.29 is 5.11 Å². The number of aliphatic hydroxyl groups excluding tert-OH is 1. The van der Waals surface area contributed by atoms with E-state index in [1.54, 1.807) is 12.3 Å². The number of anilines is 3. The van der Waals surface area contributed by atoms with Crippen LogP contribution in [0.4, 0.5) is 17.5 Å². The molecule has 0 aliphatic carbocycles. The predicted octanol–water partition coefficient (Wildman–Crippen LogP) is 3.01. The van der Waals surface area contributed by atoms with Crippen molar-refractivity contribution >= 4 is 17.5 Å². The monoisotopic (exact) mass is 361 g/mol. The molecule has 2 aromatic carbocycles. The lowest BCUT2D eigenvalue weighted by Crippen LogP contribution is -2.23. The van der Waals surface area contributed by atoms with Crippen molar-refractivity contribution in [2.75, 3.05) is 23.7 Å². The number of rotatable bonds is 6. The second-order valence-electron chi connectivity index (χ2n) is 6.61. The molecule has 0 fully saturated rings. The number of nitrogens with one attached hydrogen (secondary N) is 3. The van der Waals surface area contributed by atoms with Gasteiger partial charge in [-0.1, -0.05) is 36.4 Å². The molecule has 0 saturated heterocycles. The third kappa shape index (κ3) is 4.42. The highest BCUT2D eigenvalue weighted by atomic mass is 16.3. The van der Waals surface area contributed by atoms with Crippen LogP contribution >= 0.6 is 0 Å². The van der Waals surface area contributed by atoms with E-state index in [2.05, 4.69) is 44.1 Å². The van der Waals surface area contributed by atoms with Gasteiger partial charge in [-0.15, -0.1) is 0 Å². The fourth-order valence-electron chi connectivity index (χ4n) is 3.20. The van der Waals surface area contributed by atoms with E-state index < -0.39 is 6.10 Å². The molecule has 0 spiro atoms. The average molecular weight is 361 g/mol. The molecule has 0 radical (unpaired) electrons. The van der Waals surface area contributed by atoms with Gasteiger partial charge in [-0.25, -0.2) is 4.98 Å². The predicted molar refractivity (Wildman–Crippen MR) is 107 cm³/mol. The molecule has 1 aromatic heterocycles. The first-order valence-electron chi connectivity index (χ1n) is 9.17.